The van der Waals surface area contributed by atoms with Crippen molar-refractivity contribution in [1.82, 2.24) is 5.32 Å². The average molecular weight is 196 g/mol. The van der Waals surface area contributed by atoms with Gasteiger partial charge in [0, 0.05) is 18.7 Å². The van der Waals surface area contributed by atoms with Crippen LogP contribution in [0.25, 0.3) is 0 Å². The van der Waals surface area contributed by atoms with Crippen molar-refractivity contribution in [2.75, 3.05) is 13.7 Å². The van der Waals surface area contributed by atoms with E-state index >= 15 is 0 Å². The number of nitrogens with zero attached hydrogens (tertiary/aromatic N) is 1. The third-order valence-electron chi connectivity index (χ3n) is 1.74. The van der Waals surface area contributed by atoms with E-state index in [0.29, 0.717) is 13.0 Å². The van der Waals surface area contributed by atoms with Crippen LogP contribution >= 0.6 is 0 Å². The van der Waals surface area contributed by atoms with Crippen molar-refractivity contribution in [2.45, 2.75) is 6.42 Å². The summed E-state index contributed by atoms with van der Waals surface area (Å²) in [7, 11) is 1.32. The first-order chi connectivity index (χ1) is 6.72. The summed E-state index contributed by atoms with van der Waals surface area (Å²) in [4.78, 5) is 10.7. The largest absolute Gasteiger partial charge is 0.619 e. The molecule has 0 aliphatic heterocycles. The Bertz CT molecular complexity index is 297. The van der Waals surface area contributed by atoms with E-state index in [4.69, 9.17) is 0 Å². The number of carbonyl (C=O) groups excluding carboxylic acids is 1. The van der Waals surface area contributed by atoms with E-state index < -0.39 is 6.09 Å². The summed E-state index contributed by atoms with van der Waals surface area (Å²) < 4.78 is 5.12. The van der Waals surface area contributed by atoms with Gasteiger partial charge in [-0.1, -0.05) is 0 Å². The Morgan fingerprint density at radius 3 is 2.79 bits per heavy atom. The lowest BCUT2D eigenvalue weighted by Gasteiger charge is -2.03. The molecule has 1 heterocycles. The Labute approximate surface area is 81.9 Å². The van der Waals surface area contributed by atoms with Crippen molar-refractivity contribution in [2.24, 2.45) is 0 Å². The van der Waals surface area contributed by atoms with E-state index in [0.717, 1.165) is 10.3 Å². The van der Waals surface area contributed by atoms with Crippen LogP contribution in [0.3, 0.4) is 0 Å². The maximum Gasteiger partial charge on any atom is 0.406 e. The maximum absolute atomic E-state index is 10.7. The Balaban J connectivity index is 2.31. The topological polar surface area (TPSA) is 65.3 Å². The zero-order chi connectivity index (χ0) is 10.4. The predicted octanol–water partition coefficient (Wildman–Crippen LogP) is 0.218. The number of hydrogen-bond donors (Lipinski definition) is 1. The van der Waals surface area contributed by atoms with Crippen LogP contribution in [0, 0.1) is 5.21 Å². The number of pyridine rings is 1. The fourth-order valence-corrected chi connectivity index (χ4v) is 0.991. The van der Waals surface area contributed by atoms with Gasteiger partial charge in [-0.15, -0.1) is 0 Å². The fourth-order valence-electron chi connectivity index (χ4n) is 0.991. The van der Waals surface area contributed by atoms with Crippen molar-refractivity contribution < 1.29 is 14.3 Å². The van der Waals surface area contributed by atoms with Gasteiger partial charge in [-0.3, -0.25) is 0 Å². The highest BCUT2D eigenvalue weighted by Gasteiger charge is 1.98. The number of amides is 1. The molecule has 0 atom stereocenters. The van der Waals surface area contributed by atoms with Gasteiger partial charge in [-0.25, -0.2) is 4.79 Å². The third kappa shape index (κ3) is 3.30. The minimum Gasteiger partial charge on any atom is -0.619 e. The van der Waals surface area contributed by atoms with Crippen molar-refractivity contribution in [3.63, 3.8) is 0 Å². The number of nitrogens with one attached hydrogen (secondary N) is 1. The molecule has 0 aliphatic rings. The van der Waals surface area contributed by atoms with Crippen LogP contribution in [0.4, 0.5) is 4.79 Å². The zero-order valence-electron chi connectivity index (χ0n) is 7.90. The summed E-state index contributed by atoms with van der Waals surface area (Å²) in [5.41, 5.74) is 0.994. The molecule has 14 heavy (non-hydrogen) atoms. The molecule has 0 bridgehead atoms. The SMILES string of the molecule is COC(=O)NCCc1cc[n+]([O-])cc1. The van der Waals surface area contributed by atoms with Gasteiger partial charge < -0.3 is 15.3 Å². The van der Waals surface area contributed by atoms with E-state index in [-0.39, 0.29) is 0 Å². The Hall–Kier alpha value is -1.78. The molecule has 0 saturated carbocycles. The van der Waals surface area contributed by atoms with E-state index in [1.807, 2.05) is 0 Å². The third-order valence-corrected chi connectivity index (χ3v) is 1.74. The molecule has 0 unspecified atom stereocenters. The Morgan fingerprint density at radius 2 is 2.21 bits per heavy atom. The quantitative estimate of drug-likeness (QED) is 0.555. The fraction of sp³-hybridized carbons (Fsp3) is 0.333. The molecule has 0 spiro atoms. The summed E-state index contributed by atoms with van der Waals surface area (Å²) in [5, 5.41) is 13.2. The second-order valence-electron chi connectivity index (χ2n) is 2.73. The van der Waals surface area contributed by atoms with Crippen LogP contribution in [-0.4, -0.2) is 19.7 Å². The van der Waals surface area contributed by atoms with Crippen molar-refractivity contribution in [3.05, 3.63) is 35.3 Å². The molecule has 0 aromatic carbocycles. The van der Waals surface area contributed by atoms with E-state index in [2.05, 4.69) is 10.1 Å². The van der Waals surface area contributed by atoms with Crippen LogP contribution in [-0.2, 0) is 11.2 Å². The van der Waals surface area contributed by atoms with Crippen LogP contribution in [0.15, 0.2) is 24.5 Å². The molecule has 1 amide bonds. The van der Waals surface area contributed by atoms with Crippen molar-refractivity contribution >= 4 is 6.09 Å². The van der Waals surface area contributed by atoms with Gasteiger partial charge in [-0.05, 0) is 12.0 Å². The average Bonchev–Trinajstić information content (AvgIpc) is 2.21. The monoisotopic (exact) mass is 196 g/mol. The Morgan fingerprint density at radius 1 is 1.57 bits per heavy atom. The van der Waals surface area contributed by atoms with Gasteiger partial charge in [0.05, 0.1) is 7.11 Å². The van der Waals surface area contributed by atoms with E-state index in [1.54, 1.807) is 12.1 Å². The van der Waals surface area contributed by atoms with Crippen LogP contribution in [0.2, 0.25) is 0 Å². The second-order valence-corrected chi connectivity index (χ2v) is 2.73. The maximum atomic E-state index is 10.7. The minimum absolute atomic E-state index is 0.445. The molecule has 5 heteroatoms. The van der Waals surface area contributed by atoms with Gasteiger partial charge in [-0.2, -0.15) is 4.73 Å². The molecule has 5 nitrogen and oxygen atoms in total. The number of rotatable bonds is 3. The molecule has 0 fully saturated rings. The first kappa shape index (κ1) is 10.3. The summed E-state index contributed by atoms with van der Waals surface area (Å²) in [6.07, 6.45) is 3.08. The van der Waals surface area contributed by atoms with Gasteiger partial charge >= 0.3 is 6.09 Å². The van der Waals surface area contributed by atoms with E-state index in [1.165, 1.54) is 19.5 Å². The number of aromatic nitrogens is 1. The van der Waals surface area contributed by atoms with E-state index in [9.17, 15) is 10.0 Å². The van der Waals surface area contributed by atoms with Gasteiger partial charge in [0.25, 0.3) is 0 Å². The lowest BCUT2D eigenvalue weighted by atomic mass is 10.2. The molecular weight excluding hydrogens is 184 g/mol. The molecule has 1 aromatic rings. The Kier molecular flexibility index (Phi) is 3.72. The first-order valence-electron chi connectivity index (χ1n) is 4.22. The van der Waals surface area contributed by atoms with Gasteiger partial charge in [0.15, 0.2) is 12.4 Å². The van der Waals surface area contributed by atoms with Gasteiger partial charge in [0.1, 0.15) is 0 Å². The second kappa shape index (κ2) is 5.06. The molecule has 1 N–H and O–H groups in total. The van der Waals surface area contributed by atoms with Crippen LogP contribution in [0.5, 0.6) is 0 Å². The number of hydrogen-bond acceptors (Lipinski definition) is 3. The first-order valence-corrected chi connectivity index (χ1v) is 4.22. The molecular formula is C9H12N2O3. The molecule has 1 aromatic heterocycles. The number of methoxy groups -OCH3 is 1. The minimum atomic E-state index is -0.445. The number of carbonyl (C=O) groups is 1. The van der Waals surface area contributed by atoms with Crippen molar-refractivity contribution in [1.29, 1.82) is 0 Å². The van der Waals surface area contributed by atoms with Gasteiger partial charge in [0.2, 0.25) is 0 Å². The zero-order valence-corrected chi connectivity index (χ0v) is 7.90. The molecule has 1 rings (SSSR count). The van der Waals surface area contributed by atoms with Crippen LogP contribution in [0.1, 0.15) is 5.56 Å². The lowest BCUT2D eigenvalue weighted by molar-refractivity contribution is -0.605. The highest BCUT2D eigenvalue weighted by Crippen LogP contribution is 1.94. The summed E-state index contributed by atoms with van der Waals surface area (Å²) in [5.74, 6) is 0. The highest BCUT2D eigenvalue weighted by atomic mass is 16.5. The highest BCUT2D eigenvalue weighted by molar-refractivity contribution is 5.66. The normalized spacial score (nSPS) is 9.50. The molecule has 0 aliphatic carbocycles. The lowest BCUT2D eigenvalue weighted by Crippen LogP contribution is -2.26. The summed E-state index contributed by atoms with van der Waals surface area (Å²) in [6, 6.07) is 3.43. The standard InChI is InChI=1S/C9H12N2O3/c1-14-9(12)10-5-2-8-3-6-11(13)7-4-8/h3-4,6-7H,2,5H2,1H3,(H,10,12). The molecule has 0 saturated heterocycles. The number of ether oxygens (including phenoxy) is 1. The van der Waals surface area contributed by atoms with Crippen molar-refractivity contribution in [3.8, 4) is 0 Å². The molecule has 0 radical (unpaired) electrons. The smallest absolute Gasteiger partial charge is 0.406 e. The number of alkyl carbamates (subject to hydrolysis) is 1. The summed E-state index contributed by atoms with van der Waals surface area (Å²) in [6.45, 7) is 0.496. The molecule has 76 valence electrons. The summed E-state index contributed by atoms with van der Waals surface area (Å²) >= 11 is 0. The van der Waals surface area contributed by atoms with Crippen LogP contribution < -0.4 is 10.0 Å². The predicted molar refractivity (Wildman–Crippen MR) is 49.5 cm³/mol.